The standard InChI is InChI=1S/C24H26FN7O/c1-16-19-15-27-24(21-5-3-4-7-26-21)28-20(19)6-8-32(16)23-14-18(13-22(25)29-23)31-11-9-30(10-12-31)17(2)33/h3-5,7,13-16H,6,8-12H2,1-2H3. The molecule has 33 heavy (non-hydrogen) atoms. The Bertz CT molecular complexity index is 1160. The molecule has 0 saturated carbocycles. The molecule has 1 unspecified atom stereocenters. The van der Waals surface area contributed by atoms with Gasteiger partial charge < -0.3 is 14.7 Å². The van der Waals surface area contributed by atoms with Crippen molar-refractivity contribution in [1.29, 1.82) is 0 Å². The van der Waals surface area contributed by atoms with Crippen molar-refractivity contribution in [3.63, 3.8) is 0 Å². The highest BCUT2D eigenvalue weighted by molar-refractivity contribution is 5.73. The first kappa shape index (κ1) is 21.2. The lowest BCUT2D eigenvalue weighted by atomic mass is 9.99. The number of carbonyl (C=O) groups is 1. The van der Waals surface area contributed by atoms with Gasteiger partial charge in [0.2, 0.25) is 11.9 Å². The van der Waals surface area contributed by atoms with Gasteiger partial charge in [-0.3, -0.25) is 9.78 Å². The minimum Gasteiger partial charge on any atom is -0.368 e. The number of anilines is 2. The number of hydrogen-bond donors (Lipinski definition) is 0. The third kappa shape index (κ3) is 4.22. The zero-order valence-electron chi connectivity index (χ0n) is 18.8. The highest BCUT2D eigenvalue weighted by Crippen LogP contribution is 2.34. The molecule has 170 valence electrons. The average Bonchev–Trinajstić information content (AvgIpc) is 2.84. The fourth-order valence-electron chi connectivity index (χ4n) is 4.57. The second-order valence-electron chi connectivity index (χ2n) is 8.43. The molecule has 8 nitrogen and oxygen atoms in total. The molecule has 1 saturated heterocycles. The van der Waals surface area contributed by atoms with Crippen LogP contribution >= 0.6 is 0 Å². The predicted octanol–water partition coefficient (Wildman–Crippen LogP) is 2.86. The molecule has 5 heterocycles. The van der Waals surface area contributed by atoms with Crippen molar-refractivity contribution in [3.8, 4) is 11.5 Å². The molecule has 0 N–H and O–H groups in total. The van der Waals surface area contributed by atoms with Crippen LogP contribution < -0.4 is 9.80 Å². The SMILES string of the molecule is CC(=O)N1CCN(c2cc(F)nc(N3CCc4nc(-c5ccccn5)ncc4C3C)c2)CC1. The molecular formula is C24H26FN7O. The van der Waals surface area contributed by atoms with E-state index >= 15 is 0 Å². The van der Waals surface area contributed by atoms with Crippen molar-refractivity contribution < 1.29 is 9.18 Å². The number of pyridine rings is 2. The molecule has 0 aliphatic carbocycles. The highest BCUT2D eigenvalue weighted by atomic mass is 19.1. The van der Waals surface area contributed by atoms with Crippen molar-refractivity contribution in [2.24, 2.45) is 0 Å². The number of amides is 1. The summed E-state index contributed by atoms with van der Waals surface area (Å²) in [5, 5.41) is 0. The van der Waals surface area contributed by atoms with E-state index in [9.17, 15) is 9.18 Å². The van der Waals surface area contributed by atoms with Crippen LogP contribution in [0, 0.1) is 5.95 Å². The van der Waals surface area contributed by atoms with E-state index in [0.29, 0.717) is 50.8 Å². The number of halogens is 1. The van der Waals surface area contributed by atoms with E-state index in [0.717, 1.165) is 22.6 Å². The van der Waals surface area contributed by atoms with Crippen molar-refractivity contribution in [1.82, 2.24) is 24.8 Å². The average molecular weight is 448 g/mol. The van der Waals surface area contributed by atoms with Gasteiger partial charge in [-0.05, 0) is 19.1 Å². The maximum absolute atomic E-state index is 14.5. The smallest absolute Gasteiger partial charge is 0.219 e. The molecule has 3 aromatic heterocycles. The monoisotopic (exact) mass is 447 g/mol. The predicted molar refractivity (Wildman–Crippen MR) is 123 cm³/mol. The van der Waals surface area contributed by atoms with Gasteiger partial charge in [-0.2, -0.15) is 4.39 Å². The molecule has 0 bridgehead atoms. The van der Waals surface area contributed by atoms with Gasteiger partial charge in [-0.15, -0.1) is 0 Å². The maximum atomic E-state index is 14.5. The van der Waals surface area contributed by atoms with E-state index in [2.05, 4.69) is 31.7 Å². The fraction of sp³-hybridized carbons (Fsp3) is 0.375. The topological polar surface area (TPSA) is 78.4 Å². The van der Waals surface area contributed by atoms with Crippen LogP contribution in [0.4, 0.5) is 15.9 Å². The summed E-state index contributed by atoms with van der Waals surface area (Å²) in [6.07, 6.45) is 4.30. The number of nitrogens with zero attached hydrogens (tertiary/aromatic N) is 7. The molecule has 1 atom stereocenters. The Labute approximate surface area is 192 Å². The summed E-state index contributed by atoms with van der Waals surface area (Å²) in [6, 6.07) is 9.06. The van der Waals surface area contributed by atoms with Crippen LogP contribution in [0.25, 0.3) is 11.5 Å². The Balaban J connectivity index is 1.38. The van der Waals surface area contributed by atoms with Crippen LogP contribution in [0.15, 0.2) is 42.7 Å². The van der Waals surface area contributed by atoms with Crippen LogP contribution in [0.3, 0.4) is 0 Å². The normalized spacial score (nSPS) is 18.3. The summed E-state index contributed by atoms with van der Waals surface area (Å²) in [6.45, 7) is 6.95. The number of rotatable bonds is 3. The van der Waals surface area contributed by atoms with Gasteiger partial charge in [0.05, 0.1) is 11.7 Å². The van der Waals surface area contributed by atoms with Crippen molar-refractivity contribution in [2.75, 3.05) is 42.5 Å². The molecule has 1 fully saturated rings. The summed E-state index contributed by atoms with van der Waals surface area (Å²) < 4.78 is 14.5. The number of piperazine rings is 1. The van der Waals surface area contributed by atoms with E-state index in [1.54, 1.807) is 13.1 Å². The summed E-state index contributed by atoms with van der Waals surface area (Å²) in [5.74, 6) is 0.790. The zero-order chi connectivity index (χ0) is 22.9. The van der Waals surface area contributed by atoms with Crippen LogP contribution in [0.1, 0.15) is 31.1 Å². The lowest BCUT2D eigenvalue weighted by molar-refractivity contribution is -0.129. The Morgan fingerprint density at radius 1 is 1.06 bits per heavy atom. The van der Waals surface area contributed by atoms with E-state index in [1.807, 2.05) is 35.4 Å². The molecule has 2 aliphatic rings. The number of fused-ring (bicyclic) bond motifs is 1. The molecule has 0 spiro atoms. The largest absolute Gasteiger partial charge is 0.368 e. The van der Waals surface area contributed by atoms with Gasteiger partial charge >= 0.3 is 0 Å². The maximum Gasteiger partial charge on any atom is 0.219 e. The highest BCUT2D eigenvalue weighted by Gasteiger charge is 2.28. The third-order valence-electron chi connectivity index (χ3n) is 6.45. The van der Waals surface area contributed by atoms with E-state index in [4.69, 9.17) is 4.98 Å². The molecule has 3 aromatic rings. The van der Waals surface area contributed by atoms with Gasteiger partial charge in [0, 0.05) is 81.8 Å². The lowest BCUT2D eigenvalue weighted by Gasteiger charge is -2.38. The molecule has 2 aliphatic heterocycles. The number of hydrogen-bond acceptors (Lipinski definition) is 7. The van der Waals surface area contributed by atoms with Crippen LogP contribution in [0.5, 0.6) is 0 Å². The lowest BCUT2D eigenvalue weighted by Crippen LogP contribution is -2.48. The molecular weight excluding hydrogens is 421 g/mol. The number of aromatic nitrogens is 4. The quantitative estimate of drug-likeness (QED) is 0.572. The van der Waals surface area contributed by atoms with Gasteiger partial charge in [0.15, 0.2) is 5.82 Å². The first-order valence-corrected chi connectivity index (χ1v) is 11.2. The molecule has 0 radical (unpaired) electrons. The fourth-order valence-corrected chi connectivity index (χ4v) is 4.57. The first-order chi connectivity index (χ1) is 16.0. The van der Waals surface area contributed by atoms with Crippen molar-refractivity contribution in [3.05, 3.63) is 59.9 Å². The van der Waals surface area contributed by atoms with E-state index in [1.165, 1.54) is 6.07 Å². The third-order valence-corrected chi connectivity index (χ3v) is 6.45. The Morgan fingerprint density at radius 3 is 2.61 bits per heavy atom. The van der Waals surface area contributed by atoms with Crippen molar-refractivity contribution >= 4 is 17.4 Å². The minimum absolute atomic E-state index is 0.0387. The molecule has 1 amide bonds. The van der Waals surface area contributed by atoms with Crippen LogP contribution in [-0.2, 0) is 11.2 Å². The summed E-state index contributed by atoms with van der Waals surface area (Å²) in [7, 11) is 0. The van der Waals surface area contributed by atoms with Gasteiger partial charge in [-0.1, -0.05) is 6.07 Å². The Hall–Kier alpha value is -3.62. The summed E-state index contributed by atoms with van der Waals surface area (Å²) in [4.78, 5) is 35.5. The zero-order valence-corrected chi connectivity index (χ0v) is 18.8. The molecule has 5 rings (SSSR count). The van der Waals surface area contributed by atoms with Gasteiger partial charge in [0.1, 0.15) is 11.5 Å². The van der Waals surface area contributed by atoms with Gasteiger partial charge in [-0.25, -0.2) is 15.0 Å². The van der Waals surface area contributed by atoms with E-state index < -0.39 is 5.95 Å². The van der Waals surface area contributed by atoms with Crippen molar-refractivity contribution in [2.45, 2.75) is 26.3 Å². The second kappa shape index (κ2) is 8.73. The Morgan fingerprint density at radius 2 is 1.88 bits per heavy atom. The Kier molecular flexibility index (Phi) is 5.62. The van der Waals surface area contributed by atoms with Crippen LogP contribution in [0.2, 0.25) is 0 Å². The van der Waals surface area contributed by atoms with Gasteiger partial charge in [0.25, 0.3) is 0 Å². The minimum atomic E-state index is -0.503. The summed E-state index contributed by atoms with van der Waals surface area (Å²) in [5.41, 5.74) is 3.55. The second-order valence-corrected chi connectivity index (χ2v) is 8.43. The first-order valence-electron chi connectivity index (χ1n) is 11.2. The van der Waals surface area contributed by atoms with E-state index in [-0.39, 0.29) is 11.9 Å². The molecule has 0 aromatic carbocycles. The summed E-state index contributed by atoms with van der Waals surface area (Å²) >= 11 is 0. The number of carbonyl (C=O) groups excluding carboxylic acids is 1. The molecule has 9 heteroatoms. The van der Waals surface area contributed by atoms with Crippen LogP contribution in [-0.4, -0.2) is 63.5 Å².